The Labute approximate surface area is 322 Å². The molecular weight excluding hydrogens is 661 g/mol. The van der Waals surface area contributed by atoms with Crippen molar-refractivity contribution in [2.75, 3.05) is 0 Å². The first kappa shape index (κ1) is 37.2. The van der Waals surface area contributed by atoms with E-state index in [0.717, 1.165) is 58.3 Å². The first-order chi connectivity index (χ1) is 25.6. The zero-order valence-corrected chi connectivity index (χ0v) is 34.1. The maximum Gasteiger partial charge on any atom is 0.137 e. The number of nitrogens with zero attached hydrogens (tertiary/aromatic N) is 4. The number of rotatable bonds is 9. The standard InChI is InChI=1S/C49H56N4O/c1-31-22-24-50-46(25-31)52-44-20-17-38(32(2)33(3)49(9,10)11)28-43(44)42-19-18-40(30-45(42)52)54-41-27-36(21-23-48(6,7)8)26-39(29-41)53-35(5)47(34(4)51-53)37-15-13-12-14-16-37/h12-20,22,24-30,32-33H,21,23H2,1-11H3. The summed E-state index contributed by atoms with van der Waals surface area (Å²) in [6.07, 6.45) is 3.91. The van der Waals surface area contributed by atoms with Crippen molar-refractivity contribution >= 4 is 21.8 Å². The van der Waals surface area contributed by atoms with E-state index in [2.05, 4.69) is 182 Å². The van der Waals surface area contributed by atoms with Crippen LogP contribution in [0.5, 0.6) is 11.5 Å². The van der Waals surface area contributed by atoms with Crippen LogP contribution < -0.4 is 4.74 Å². The second kappa shape index (κ2) is 14.2. The fourth-order valence-corrected chi connectivity index (χ4v) is 7.83. The molecule has 5 heteroatoms. The van der Waals surface area contributed by atoms with Gasteiger partial charge >= 0.3 is 0 Å². The molecule has 0 bridgehead atoms. The SMILES string of the molecule is Cc1ccnc(-n2c3ccc(C(C)C(C)C(C)(C)C)cc3c3ccc(Oc4cc(CCC(C)(C)C)cc(-n5nc(C)c(-c6ccccc6)c5C)c4)cc32)c1. The smallest absolute Gasteiger partial charge is 0.137 e. The van der Waals surface area contributed by atoms with E-state index >= 15 is 0 Å². The summed E-state index contributed by atoms with van der Waals surface area (Å²) < 4.78 is 11.2. The van der Waals surface area contributed by atoms with Crippen molar-refractivity contribution in [3.63, 3.8) is 0 Å². The molecule has 5 nitrogen and oxygen atoms in total. The number of aryl methyl sites for hydroxylation is 3. The highest BCUT2D eigenvalue weighted by Crippen LogP contribution is 2.41. The molecule has 278 valence electrons. The van der Waals surface area contributed by atoms with Crippen LogP contribution in [0.3, 0.4) is 0 Å². The summed E-state index contributed by atoms with van der Waals surface area (Å²) in [4.78, 5) is 4.86. The highest BCUT2D eigenvalue weighted by atomic mass is 16.5. The molecule has 0 N–H and O–H groups in total. The topological polar surface area (TPSA) is 44.9 Å². The summed E-state index contributed by atoms with van der Waals surface area (Å²) in [5, 5.41) is 7.49. The van der Waals surface area contributed by atoms with Crippen molar-refractivity contribution in [1.29, 1.82) is 0 Å². The molecule has 54 heavy (non-hydrogen) atoms. The van der Waals surface area contributed by atoms with Gasteiger partial charge in [-0.25, -0.2) is 9.67 Å². The van der Waals surface area contributed by atoms with Gasteiger partial charge in [-0.3, -0.25) is 4.57 Å². The summed E-state index contributed by atoms with van der Waals surface area (Å²) in [6, 6.07) is 34.9. The Morgan fingerprint density at radius 3 is 2.19 bits per heavy atom. The lowest BCUT2D eigenvalue weighted by molar-refractivity contribution is 0.228. The second-order valence-corrected chi connectivity index (χ2v) is 17.7. The zero-order chi connectivity index (χ0) is 38.5. The molecular formula is C49H56N4O. The van der Waals surface area contributed by atoms with Gasteiger partial charge in [0.15, 0.2) is 0 Å². The summed E-state index contributed by atoms with van der Waals surface area (Å²) in [5.41, 5.74) is 11.9. The average Bonchev–Trinajstić information content (AvgIpc) is 3.61. The minimum Gasteiger partial charge on any atom is -0.457 e. The third kappa shape index (κ3) is 7.46. The minimum atomic E-state index is 0.209. The maximum absolute atomic E-state index is 6.85. The van der Waals surface area contributed by atoms with Crippen molar-refractivity contribution < 1.29 is 4.74 Å². The Kier molecular flexibility index (Phi) is 9.80. The number of aromatic nitrogens is 4. The molecule has 2 unspecified atom stereocenters. The van der Waals surface area contributed by atoms with Crippen LogP contribution in [0.15, 0.2) is 103 Å². The molecule has 7 rings (SSSR count). The van der Waals surface area contributed by atoms with Crippen molar-refractivity contribution in [1.82, 2.24) is 19.3 Å². The third-order valence-corrected chi connectivity index (χ3v) is 11.5. The Morgan fingerprint density at radius 1 is 0.722 bits per heavy atom. The highest BCUT2D eigenvalue weighted by Gasteiger charge is 2.27. The van der Waals surface area contributed by atoms with E-state index < -0.39 is 0 Å². The fourth-order valence-electron chi connectivity index (χ4n) is 7.83. The molecule has 0 saturated carbocycles. The van der Waals surface area contributed by atoms with Crippen LogP contribution in [-0.2, 0) is 6.42 Å². The van der Waals surface area contributed by atoms with Gasteiger partial charge < -0.3 is 4.74 Å². The highest BCUT2D eigenvalue weighted by molar-refractivity contribution is 6.09. The van der Waals surface area contributed by atoms with Crippen molar-refractivity contribution in [2.45, 2.75) is 94.9 Å². The normalized spacial score (nSPS) is 13.5. The molecule has 0 radical (unpaired) electrons. The number of ether oxygens (including phenoxy) is 1. The zero-order valence-electron chi connectivity index (χ0n) is 34.1. The molecule has 0 aliphatic heterocycles. The monoisotopic (exact) mass is 716 g/mol. The quantitative estimate of drug-likeness (QED) is 0.149. The summed E-state index contributed by atoms with van der Waals surface area (Å²) in [5.74, 6) is 3.42. The van der Waals surface area contributed by atoms with Crippen LogP contribution in [0.1, 0.15) is 95.8 Å². The van der Waals surface area contributed by atoms with Crippen molar-refractivity contribution in [3.8, 4) is 34.1 Å². The van der Waals surface area contributed by atoms with Gasteiger partial charge in [-0.15, -0.1) is 0 Å². The predicted molar refractivity (Wildman–Crippen MR) is 227 cm³/mol. The molecule has 2 atom stereocenters. The van der Waals surface area contributed by atoms with E-state index in [1.54, 1.807) is 0 Å². The Balaban J connectivity index is 1.34. The van der Waals surface area contributed by atoms with Gasteiger partial charge in [-0.2, -0.15) is 5.10 Å². The molecule has 3 aromatic heterocycles. The van der Waals surface area contributed by atoms with Crippen molar-refractivity contribution in [3.05, 3.63) is 131 Å². The molecule has 0 spiro atoms. The van der Waals surface area contributed by atoms with Crippen LogP contribution in [0, 0.1) is 37.5 Å². The Bertz CT molecular complexity index is 2450. The van der Waals surface area contributed by atoms with Gasteiger partial charge in [0.25, 0.3) is 0 Å². The van der Waals surface area contributed by atoms with Gasteiger partial charge in [-0.1, -0.05) is 91.8 Å². The van der Waals surface area contributed by atoms with Gasteiger partial charge in [-0.05, 0) is 127 Å². The maximum atomic E-state index is 6.85. The molecule has 4 aromatic carbocycles. The number of hydrogen-bond acceptors (Lipinski definition) is 3. The van der Waals surface area contributed by atoms with Crippen LogP contribution in [0.25, 0.3) is 44.4 Å². The van der Waals surface area contributed by atoms with Gasteiger partial charge in [0.05, 0.1) is 22.4 Å². The average molecular weight is 717 g/mol. The number of pyridine rings is 1. The second-order valence-electron chi connectivity index (χ2n) is 17.7. The Hall–Kier alpha value is -5.16. The molecule has 7 aromatic rings. The lowest BCUT2D eigenvalue weighted by Gasteiger charge is -2.32. The van der Waals surface area contributed by atoms with E-state index in [-0.39, 0.29) is 10.8 Å². The van der Waals surface area contributed by atoms with Gasteiger partial charge in [0.2, 0.25) is 0 Å². The lowest BCUT2D eigenvalue weighted by atomic mass is 9.72. The van der Waals surface area contributed by atoms with E-state index in [1.807, 2.05) is 6.20 Å². The summed E-state index contributed by atoms with van der Waals surface area (Å²) in [7, 11) is 0. The van der Waals surface area contributed by atoms with E-state index in [1.165, 1.54) is 38.6 Å². The molecule has 0 amide bonds. The van der Waals surface area contributed by atoms with E-state index in [9.17, 15) is 0 Å². The van der Waals surface area contributed by atoms with Crippen LogP contribution in [0.2, 0.25) is 0 Å². The predicted octanol–water partition coefficient (Wildman–Crippen LogP) is 13.5. The molecule has 0 aliphatic rings. The van der Waals surface area contributed by atoms with Crippen molar-refractivity contribution in [2.24, 2.45) is 16.7 Å². The number of hydrogen-bond donors (Lipinski definition) is 0. The lowest BCUT2D eigenvalue weighted by Crippen LogP contribution is -2.22. The number of fused-ring (bicyclic) bond motifs is 3. The Morgan fingerprint density at radius 2 is 1.48 bits per heavy atom. The first-order valence-electron chi connectivity index (χ1n) is 19.5. The first-order valence-corrected chi connectivity index (χ1v) is 19.5. The minimum absolute atomic E-state index is 0.209. The third-order valence-electron chi connectivity index (χ3n) is 11.5. The van der Waals surface area contributed by atoms with E-state index in [4.69, 9.17) is 14.8 Å². The summed E-state index contributed by atoms with van der Waals surface area (Å²) in [6.45, 7) is 25.0. The van der Waals surface area contributed by atoms with Crippen LogP contribution in [0.4, 0.5) is 0 Å². The summed E-state index contributed by atoms with van der Waals surface area (Å²) >= 11 is 0. The molecule has 0 fully saturated rings. The molecule has 3 heterocycles. The number of benzene rings is 4. The largest absolute Gasteiger partial charge is 0.457 e. The fraction of sp³-hybridized carbons (Fsp3) is 0.347. The molecule has 0 saturated heterocycles. The van der Waals surface area contributed by atoms with Crippen LogP contribution >= 0.6 is 0 Å². The van der Waals surface area contributed by atoms with E-state index in [0.29, 0.717) is 11.8 Å². The van der Waals surface area contributed by atoms with Gasteiger partial charge in [0.1, 0.15) is 17.3 Å². The van der Waals surface area contributed by atoms with Crippen LogP contribution in [-0.4, -0.2) is 19.3 Å². The van der Waals surface area contributed by atoms with Gasteiger partial charge in [0, 0.05) is 40.4 Å². The molecule has 0 aliphatic carbocycles.